The largest absolute Gasteiger partial charge is 0.468 e. The van der Waals surface area contributed by atoms with E-state index >= 15 is 0 Å². The lowest BCUT2D eigenvalue weighted by Crippen LogP contribution is -2.23. The van der Waals surface area contributed by atoms with Crippen molar-refractivity contribution in [3.8, 4) is 0 Å². The van der Waals surface area contributed by atoms with E-state index in [0.29, 0.717) is 5.92 Å². The van der Waals surface area contributed by atoms with Crippen molar-refractivity contribution < 1.29 is 9.52 Å². The van der Waals surface area contributed by atoms with E-state index in [-0.39, 0.29) is 17.9 Å². The van der Waals surface area contributed by atoms with Crippen molar-refractivity contribution in [2.24, 2.45) is 11.7 Å². The van der Waals surface area contributed by atoms with Gasteiger partial charge in [0.1, 0.15) is 5.76 Å². The van der Waals surface area contributed by atoms with E-state index in [4.69, 9.17) is 15.3 Å². The fourth-order valence-corrected chi connectivity index (χ4v) is 2.51. The summed E-state index contributed by atoms with van der Waals surface area (Å²) in [5.41, 5.74) is 5.91. The highest BCUT2D eigenvalue weighted by Crippen LogP contribution is 2.32. The number of aliphatic hydroxyl groups excluding tert-OH is 1. The summed E-state index contributed by atoms with van der Waals surface area (Å²) >= 11 is 1.74. The molecule has 4 heteroatoms. The van der Waals surface area contributed by atoms with Crippen LogP contribution in [0.2, 0.25) is 0 Å². The summed E-state index contributed by atoms with van der Waals surface area (Å²) in [6.45, 7) is 4.22. The number of rotatable bonds is 6. The average Bonchev–Trinajstić information content (AvgIpc) is 2.70. The molecule has 3 unspecified atom stereocenters. The molecule has 0 spiro atoms. The number of thioether (sulfide) groups is 1. The van der Waals surface area contributed by atoms with Crippen LogP contribution in [0.15, 0.2) is 22.8 Å². The summed E-state index contributed by atoms with van der Waals surface area (Å²) in [5, 5.41) is 9.12. The second-order valence-electron chi connectivity index (χ2n) is 3.92. The van der Waals surface area contributed by atoms with Gasteiger partial charge in [-0.05, 0) is 30.7 Å². The summed E-state index contributed by atoms with van der Waals surface area (Å²) in [7, 11) is 0. The standard InChI is InChI=1S/C11H19NO2S/c1-8(6-13)7-15-11(9(2)12)10-4-3-5-14-10/h3-5,8-9,11,13H,6-7,12H2,1-2H3. The first-order valence-corrected chi connectivity index (χ1v) is 6.21. The zero-order chi connectivity index (χ0) is 11.3. The molecular weight excluding hydrogens is 210 g/mol. The summed E-state index contributed by atoms with van der Waals surface area (Å²) in [4.78, 5) is 0. The molecule has 0 bridgehead atoms. The molecule has 1 aromatic rings. The van der Waals surface area contributed by atoms with E-state index in [9.17, 15) is 0 Å². The number of furan rings is 1. The van der Waals surface area contributed by atoms with Crippen LogP contribution < -0.4 is 5.73 Å². The van der Waals surface area contributed by atoms with Gasteiger partial charge < -0.3 is 15.3 Å². The smallest absolute Gasteiger partial charge is 0.118 e. The Labute approximate surface area is 95.0 Å². The molecule has 0 saturated carbocycles. The molecule has 0 saturated heterocycles. The van der Waals surface area contributed by atoms with Gasteiger partial charge in [-0.1, -0.05) is 6.92 Å². The number of hydrogen-bond acceptors (Lipinski definition) is 4. The van der Waals surface area contributed by atoms with Crippen molar-refractivity contribution in [1.29, 1.82) is 0 Å². The third-order valence-electron chi connectivity index (χ3n) is 2.17. The molecule has 0 amide bonds. The van der Waals surface area contributed by atoms with Gasteiger partial charge in [-0.15, -0.1) is 11.8 Å². The van der Waals surface area contributed by atoms with Gasteiger partial charge in [0.2, 0.25) is 0 Å². The molecule has 3 N–H and O–H groups in total. The predicted octanol–water partition coefficient (Wildman–Crippen LogP) is 2.03. The minimum atomic E-state index is 0.0482. The molecule has 0 aliphatic heterocycles. The zero-order valence-corrected chi connectivity index (χ0v) is 10.0. The van der Waals surface area contributed by atoms with Crippen LogP contribution in [0.4, 0.5) is 0 Å². The van der Waals surface area contributed by atoms with E-state index in [1.807, 2.05) is 26.0 Å². The second kappa shape index (κ2) is 6.20. The Balaban J connectivity index is 2.53. The van der Waals surface area contributed by atoms with Crippen molar-refractivity contribution >= 4 is 11.8 Å². The number of aliphatic hydroxyl groups is 1. The van der Waals surface area contributed by atoms with Crippen LogP contribution in [0.1, 0.15) is 24.9 Å². The quantitative estimate of drug-likeness (QED) is 0.783. The summed E-state index contributed by atoms with van der Waals surface area (Å²) < 4.78 is 5.36. The van der Waals surface area contributed by atoms with Crippen molar-refractivity contribution in [3.05, 3.63) is 24.2 Å². The third-order valence-corrected chi connectivity index (χ3v) is 3.96. The van der Waals surface area contributed by atoms with Gasteiger partial charge in [-0.25, -0.2) is 0 Å². The molecule has 15 heavy (non-hydrogen) atoms. The lowest BCUT2D eigenvalue weighted by atomic mass is 10.2. The van der Waals surface area contributed by atoms with Crippen LogP contribution in [0.25, 0.3) is 0 Å². The van der Waals surface area contributed by atoms with Crippen molar-refractivity contribution in [2.45, 2.75) is 25.1 Å². The molecule has 3 atom stereocenters. The van der Waals surface area contributed by atoms with Gasteiger partial charge >= 0.3 is 0 Å². The Bertz CT molecular complexity index is 262. The topological polar surface area (TPSA) is 59.4 Å². The Kier molecular flexibility index (Phi) is 5.22. The molecule has 0 aromatic carbocycles. The number of hydrogen-bond donors (Lipinski definition) is 2. The van der Waals surface area contributed by atoms with Crippen molar-refractivity contribution in [2.75, 3.05) is 12.4 Å². The SMILES string of the molecule is CC(CO)CSC(c1ccco1)C(C)N. The van der Waals surface area contributed by atoms with Crippen molar-refractivity contribution in [3.63, 3.8) is 0 Å². The molecule has 0 radical (unpaired) electrons. The van der Waals surface area contributed by atoms with Gasteiger partial charge in [0.25, 0.3) is 0 Å². The predicted molar refractivity (Wildman–Crippen MR) is 63.8 cm³/mol. The second-order valence-corrected chi connectivity index (χ2v) is 5.09. The van der Waals surface area contributed by atoms with Gasteiger partial charge in [0.05, 0.1) is 11.5 Å². The van der Waals surface area contributed by atoms with Gasteiger partial charge in [0.15, 0.2) is 0 Å². The molecule has 3 nitrogen and oxygen atoms in total. The summed E-state index contributed by atoms with van der Waals surface area (Å²) in [6, 6.07) is 3.87. The monoisotopic (exact) mass is 229 g/mol. The fraction of sp³-hybridized carbons (Fsp3) is 0.636. The van der Waals surface area contributed by atoms with Crippen LogP contribution in [0.3, 0.4) is 0 Å². The Morgan fingerprint density at radius 3 is 2.73 bits per heavy atom. The molecule has 0 fully saturated rings. The van der Waals surface area contributed by atoms with Crippen LogP contribution in [-0.4, -0.2) is 23.5 Å². The normalized spacial score (nSPS) is 17.3. The highest BCUT2D eigenvalue weighted by Gasteiger charge is 2.20. The first-order valence-electron chi connectivity index (χ1n) is 5.16. The highest BCUT2D eigenvalue weighted by atomic mass is 32.2. The lowest BCUT2D eigenvalue weighted by Gasteiger charge is -2.19. The third kappa shape index (κ3) is 3.89. The van der Waals surface area contributed by atoms with Gasteiger partial charge in [-0.2, -0.15) is 0 Å². The van der Waals surface area contributed by atoms with E-state index in [0.717, 1.165) is 11.5 Å². The molecular formula is C11H19NO2S. The maximum Gasteiger partial charge on any atom is 0.118 e. The molecule has 0 aliphatic carbocycles. The molecule has 1 aromatic heterocycles. The van der Waals surface area contributed by atoms with Crippen LogP contribution in [0.5, 0.6) is 0 Å². The Morgan fingerprint density at radius 1 is 1.53 bits per heavy atom. The Hall–Kier alpha value is -0.450. The van der Waals surface area contributed by atoms with Crippen LogP contribution in [-0.2, 0) is 0 Å². The maximum absolute atomic E-state index is 8.95. The van der Waals surface area contributed by atoms with E-state index in [1.54, 1.807) is 18.0 Å². The highest BCUT2D eigenvalue weighted by molar-refractivity contribution is 7.99. The van der Waals surface area contributed by atoms with Crippen LogP contribution in [0, 0.1) is 5.92 Å². The fourth-order valence-electron chi connectivity index (χ4n) is 1.27. The molecule has 0 aliphatic rings. The summed E-state index contributed by atoms with van der Waals surface area (Å²) in [6.07, 6.45) is 1.67. The van der Waals surface area contributed by atoms with Gasteiger partial charge in [0, 0.05) is 12.6 Å². The average molecular weight is 229 g/mol. The number of nitrogens with two attached hydrogens (primary N) is 1. The van der Waals surface area contributed by atoms with E-state index in [1.165, 1.54) is 0 Å². The molecule has 1 heterocycles. The minimum Gasteiger partial charge on any atom is -0.468 e. The van der Waals surface area contributed by atoms with Crippen LogP contribution >= 0.6 is 11.8 Å². The Morgan fingerprint density at radius 2 is 2.27 bits per heavy atom. The van der Waals surface area contributed by atoms with E-state index < -0.39 is 0 Å². The first kappa shape index (κ1) is 12.6. The molecule has 86 valence electrons. The van der Waals surface area contributed by atoms with Crippen molar-refractivity contribution in [1.82, 2.24) is 0 Å². The summed E-state index contributed by atoms with van der Waals surface area (Å²) in [5.74, 6) is 2.11. The zero-order valence-electron chi connectivity index (χ0n) is 9.22. The van der Waals surface area contributed by atoms with Gasteiger partial charge in [-0.3, -0.25) is 0 Å². The minimum absolute atomic E-state index is 0.0482. The van der Waals surface area contributed by atoms with E-state index in [2.05, 4.69) is 0 Å². The first-order chi connectivity index (χ1) is 7.15. The lowest BCUT2D eigenvalue weighted by molar-refractivity contribution is 0.250. The molecule has 1 rings (SSSR count). The maximum atomic E-state index is 8.95.